The fraction of sp³-hybridized carbons (Fsp3) is 0.0714. The van der Waals surface area contributed by atoms with Gasteiger partial charge in [-0.15, -0.1) is 0 Å². The van der Waals surface area contributed by atoms with E-state index in [1.165, 1.54) is 30.3 Å². The van der Waals surface area contributed by atoms with Gasteiger partial charge in [-0.2, -0.15) is 0 Å². The lowest BCUT2D eigenvalue weighted by Crippen LogP contribution is -2.12. The fourth-order valence-corrected chi connectivity index (χ4v) is 1.67. The van der Waals surface area contributed by atoms with Crippen LogP contribution in [0.2, 0.25) is 0 Å². The van der Waals surface area contributed by atoms with Crippen molar-refractivity contribution < 1.29 is 13.9 Å². The molecule has 4 N–H and O–H groups in total. The highest BCUT2D eigenvalue weighted by atomic mass is 19.1. The molecule has 98 valence electrons. The average Bonchev–Trinajstić information content (AvgIpc) is 2.32. The molecule has 0 aliphatic rings. The summed E-state index contributed by atoms with van der Waals surface area (Å²) in [6.45, 7) is 1.70. The maximum absolute atomic E-state index is 13.0. The molecular formula is C14H13FN2O2. The van der Waals surface area contributed by atoms with Crippen molar-refractivity contribution in [3.05, 3.63) is 53.3 Å². The van der Waals surface area contributed by atoms with E-state index in [2.05, 4.69) is 0 Å². The number of nitrogen functional groups attached to an aromatic ring is 1. The lowest BCUT2D eigenvalue weighted by atomic mass is 10.1. The van der Waals surface area contributed by atoms with Crippen molar-refractivity contribution in [1.29, 1.82) is 0 Å². The van der Waals surface area contributed by atoms with Crippen molar-refractivity contribution >= 4 is 11.6 Å². The second-order valence-electron chi connectivity index (χ2n) is 4.13. The molecule has 0 aliphatic heterocycles. The summed E-state index contributed by atoms with van der Waals surface area (Å²) in [5, 5.41) is 0. The van der Waals surface area contributed by atoms with Crippen LogP contribution in [0.3, 0.4) is 0 Å². The van der Waals surface area contributed by atoms with Gasteiger partial charge in [-0.05, 0) is 42.8 Å². The standard InChI is InChI=1S/C14H13FN2O2/c1-8-6-9(15)2-5-12(8)19-13-7-10(16)3-4-11(13)14(17)18/h2-7H,16H2,1H3,(H2,17,18). The molecule has 0 radical (unpaired) electrons. The molecule has 2 aromatic carbocycles. The topological polar surface area (TPSA) is 78.3 Å². The van der Waals surface area contributed by atoms with Crippen molar-refractivity contribution in [1.82, 2.24) is 0 Å². The number of carbonyl (C=O) groups excluding carboxylic acids is 1. The Morgan fingerprint density at radius 2 is 1.89 bits per heavy atom. The number of nitrogens with two attached hydrogens (primary N) is 2. The van der Waals surface area contributed by atoms with Gasteiger partial charge in [0.1, 0.15) is 17.3 Å². The lowest BCUT2D eigenvalue weighted by molar-refractivity contribution is 0.0998. The smallest absolute Gasteiger partial charge is 0.252 e. The predicted octanol–water partition coefficient (Wildman–Crippen LogP) is 2.61. The van der Waals surface area contributed by atoms with E-state index >= 15 is 0 Å². The molecule has 2 rings (SSSR count). The minimum atomic E-state index is -0.616. The summed E-state index contributed by atoms with van der Waals surface area (Å²) in [6.07, 6.45) is 0. The molecule has 0 fully saturated rings. The molecule has 1 amide bonds. The van der Waals surface area contributed by atoms with Crippen LogP contribution in [0.4, 0.5) is 10.1 Å². The van der Waals surface area contributed by atoms with Gasteiger partial charge >= 0.3 is 0 Å². The Kier molecular flexibility index (Phi) is 3.37. The zero-order chi connectivity index (χ0) is 14.0. The van der Waals surface area contributed by atoms with E-state index in [-0.39, 0.29) is 17.1 Å². The number of amides is 1. The highest BCUT2D eigenvalue weighted by Gasteiger charge is 2.12. The number of aryl methyl sites for hydroxylation is 1. The van der Waals surface area contributed by atoms with Crippen molar-refractivity contribution in [3.63, 3.8) is 0 Å². The highest BCUT2D eigenvalue weighted by Crippen LogP contribution is 2.29. The van der Waals surface area contributed by atoms with Gasteiger partial charge < -0.3 is 16.2 Å². The van der Waals surface area contributed by atoms with E-state index in [1.807, 2.05) is 0 Å². The molecule has 0 bridgehead atoms. The second-order valence-corrected chi connectivity index (χ2v) is 4.13. The summed E-state index contributed by atoms with van der Waals surface area (Å²) in [5.41, 5.74) is 12.2. The third-order valence-corrected chi connectivity index (χ3v) is 2.63. The molecule has 0 atom stereocenters. The Bertz CT molecular complexity index is 641. The van der Waals surface area contributed by atoms with Gasteiger partial charge in [-0.3, -0.25) is 4.79 Å². The minimum Gasteiger partial charge on any atom is -0.456 e. The molecule has 0 saturated carbocycles. The molecule has 0 aliphatic carbocycles. The first-order chi connectivity index (χ1) is 8.97. The van der Waals surface area contributed by atoms with Crippen LogP contribution < -0.4 is 16.2 Å². The first-order valence-corrected chi connectivity index (χ1v) is 5.60. The van der Waals surface area contributed by atoms with Crippen LogP contribution in [0.1, 0.15) is 15.9 Å². The van der Waals surface area contributed by atoms with Crippen LogP contribution >= 0.6 is 0 Å². The van der Waals surface area contributed by atoms with E-state index < -0.39 is 5.91 Å². The van der Waals surface area contributed by atoms with E-state index in [0.29, 0.717) is 17.0 Å². The Morgan fingerprint density at radius 1 is 1.16 bits per heavy atom. The number of anilines is 1. The third-order valence-electron chi connectivity index (χ3n) is 2.63. The van der Waals surface area contributed by atoms with E-state index in [4.69, 9.17) is 16.2 Å². The minimum absolute atomic E-state index is 0.220. The largest absolute Gasteiger partial charge is 0.456 e. The molecule has 0 unspecified atom stereocenters. The number of rotatable bonds is 3. The van der Waals surface area contributed by atoms with Crippen LogP contribution in [0, 0.1) is 12.7 Å². The van der Waals surface area contributed by atoms with Gasteiger partial charge in [0, 0.05) is 11.8 Å². The van der Waals surface area contributed by atoms with Crippen molar-refractivity contribution in [2.24, 2.45) is 5.73 Å². The zero-order valence-electron chi connectivity index (χ0n) is 10.3. The number of hydrogen-bond acceptors (Lipinski definition) is 3. The first-order valence-electron chi connectivity index (χ1n) is 5.60. The summed E-state index contributed by atoms with van der Waals surface area (Å²) in [6, 6.07) is 8.65. The van der Waals surface area contributed by atoms with Gasteiger partial charge in [0.15, 0.2) is 0 Å². The molecular weight excluding hydrogens is 247 g/mol. The fourth-order valence-electron chi connectivity index (χ4n) is 1.67. The van der Waals surface area contributed by atoms with Crippen LogP contribution in [-0.4, -0.2) is 5.91 Å². The van der Waals surface area contributed by atoms with Crippen LogP contribution in [0.5, 0.6) is 11.5 Å². The first kappa shape index (κ1) is 12.9. The molecule has 19 heavy (non-hydrogen) atoms. The van der Waals surface area contributed by atoms with Gasteiger partial charge in [0.25, 0.3) is 5.91 Å². The molecule has 5 heteroatoms. The monoisotopic (exact) mass is 260 g/mol. The van der Waals surface area contributed by atoms with Gasteiger partial charge in [-0.1, -0.05) is 0 Å². The lowest BCUT2D eigenvalue weighted by Gasteiger charge is -2.12. The number of ether oxygens (including phenoxy) is 1. The highest BCUT2D eigenvalue weighted by molar-refractivity contribution is 5.96. The molecule has 2 aromatic rings. The van der Waals surface area contributed by atoms with Gasteiger partial charge in [0.05, 0.1) is 5.56 Å². The maximum Gasteiger partial charge on any atom is 0.252 e. The second kappa shape index (κ2) is 4.97. The molecule has 0 aromatic heterocycles. The Morgan fingerprint density at radius 3 is 2.53 bits per heavy atom. The Hall–Kier alpha value is -2.56. The van der Waals surface area contributed by atoms with Gasteiger partial charge in [-0.25, -0.2) is 4.39 Å². The van der Waals surface area contributed by atoms with Crippen LogP contribution in [-0.2, 0) is 0 Å². The summed E-state index contributed by atoms with van der Waals surface area (Å²) in [7, 11) is 0. The van der Waals surface area contributed by atoms with Crippen molar-refractivity contribution in [3.8, 4) is 11.5 Å². The van der Waals surface area contributed by atoms with E-state index in [0.717, 1.165) is 0 Å². The zero-order valence-corrected chi connectivity index (χ0v) is 10.3. The summed E-state index contributed by atoms with van der Waals surface area (Å²) in [5.74, 6) is -0.279. The van der Waals surface area contributed by atoms with Crippen LogP contribution in [0.25, 0.3) is 0 Å². The number of carbonyl (C=O) groups is 1. The molecule has 0 saturated heterocycles. The SMILES string of the molecule is Cc1cc(F)ccc1Oc1cc(N)ccc1C(N)=O. The normalized spacial score (nSPS) is 10.2. The van der Waals surface area contributed by atoms with E-state index in [9.17, 15) is 9.18 Å². The average molecular weight is 260 g/mol. The van der Waals surface area contributed by atoms with Crippen LogP contribution in [0.15, 0.2) is 36.4 Å². The van der Waals surface area contributed by atoms with Gasteiger partial charge in [0.2, 0.25) is 0 Å². The Balaban J connectivity index is 2.42. The maximum atomic E-state index is 13.0. The number of primary amides is 1. The number of benzene rings is 2. The molecule has 4 nitrogen and oxygen atoms in total. The Labute approximate surface area is 109 Å². The molecule has 0 spiro atoms. The number of hydrogen-bond donors (Lipinski definition) is 2. The van der Waals surface area contributed by atoms with E-state index in [1.54, 1.807) is 13.0 Å². The quantitative estimate of drug-likeness (QED) is 0.832. The molecule has 0 heterocycles. The summed E-state index contributed by atoms with van der Waals surface area (Å²) in [4.78, 5) is 11.3. The summed E-state index contributed by atoms with van der Waals surface area (Å²) >= 11 is 0. The predicted molar refractivity (Wildman–Crippen MR) is 70.6 cm³/mol. The van der Waals surface area contributed by atoms with Crippen molar-refractivity contribution in [2.75, 3.05) is 5.73 Å². The summed E-state index contributed by atoms with van der Waals surface area (Å²) < 4.78 is 18.6. The third kappa shape index (κ3) is 2.82. The van der Waals surface area contributed by atoms with Crippen molar-refractivity contribution in [2.45, 2.75) is 6.92 Å². The number of halogens is 1.